The minimum Gasteiger partial charge on any atom is -0.497 e. The van der Waals surface area contributed by atoms with Crippen LogP contribution in [0.25, 0.3) is 0 Å². The highest BCUT2D eigenvalue weighted by molar-refractivity contribution is 9.10. The highest BCUT2D eigenvalue weighted by Gasteiger charge is 2.05. The summed E-state index contributed by atoms with van der Waals surface area (Å²) in [7, 11) is 1.60. The highest BCUT2D eigenvalue weighted by Crippen LogP contribution is 2.31. The molecule has 0 radical (unpaired) electrons. The van der Waals surface area contributed by atoms with Crippen LogP contribution >= 0.6 is 15.9 Å². The molecular weight excluding hydrogens is 286 g/mol. The minimum absolute atomic E-state index is 0.173. The summed E-state index contributed by atoms with van der Waals surface area (Å²) in [6.07, 6.45) is 1.54. The number of nitrogen functional groups attached to an aromatic ring is 1. The fourth-order valence-corrected chi connectivity index (χ4v) is 1.66. The van der Waals surface area contributed by atoms with E-state index >= 15 is 0 Å². The Balaban J connectivity index is 2.24. The molecule has 5 nitrogen and oxygen atoms in total. The molecule has 0 aliphatic rings. The standard InChI is InChI=1S/C11H10BrN3O2/c1-16-7-2-3-9(8(12)6-7)17-10-4-5-14-11(13)15-10/h2-6H,1H3,(H2,13,14,15). The average molecular weight is 296 g/mol. The molecule has 88 valence electrons. The Kier molecular flexibility index (Phi) is 3.43. The van der Waals surface area contributed by atoms with Gasteiger partial charge in [0.05, 0.1) is 11.6 Å². The summed E-state index contributed by atoms with van der Waals surface area (Å²) in [6.45, 7) is 0. The first-order valence-electron chi connectivity index (χ1n) is 4.79. The number of ether oxygens (including phenoxy) is 2. The van der Waals surface area contributed by atoms with Crippen LogP contribution in [0.1, 0.15) is 0 Å². The van der Waals surface area contributed by atoms with E-state index in [4.69, 9.17) is 15.2 Å². The van der Waals surface area contributed by atoms with Crippen LogP contribution in [0.2, 0.25) is 0 Å². The SMILES string of the molecule is COc1ccc(Oc2ccnc(N)n2)c(Br)c1. The molecule has 1 heterocycles. The molecule has 0 saturated heterocycles. The van der Waals surface area contributed by atoms with Gasteiger partial charge in [0, 0.05) is 12.3 Å². The number of hydrogen-bond acceptors (Lipinski definition) is 5. The number of anilines is 1. The van der Waals surface area contributed by atoms with Gasteiger partial charge in [-0.05, 0) is 34.1 Å². The zero-order valence-electron chi connectivity index (χ0n) is 9.05. The summed E-state index contributed by atoms with van der Waals surface area (Å²) in [6, 6.07) is 7.01. The average Bonchev–Trinajstić information content (AvgIpc) is 2.32. The molecule has 2 N–H and O–H groups in total. The summed E-state index contributed by atoms with van der Waals surface area (Å²) < 4.78 is 11.4. The normalized spacial score (nSPS) is 10.0. The van der Waals surface area contributed by atoms with Gasteiger partial charge in [-0.1, -0.05) is 0 Å². The number of rotatable bonds is 3. The molecule has 1 aromatic carbocycles. The largest absolute Gasteiger partial charge is 0.497 e. The third-order valence-corrected chi connectivity index (χ3v) is 2.62. The molecule has 0 atom stereocenters. The monoisotopic (exact) mass is 295 g/mol. The number of hydrogen-bond donors (Lipinski definition) is 1. The third kappa shape index (κ3) is 2.85. The minimum atomic E-state index is 0.173. The first-order chi connectivity index (χ1) is 8.19. The van der Waals surface area contributed by atoms with Gasteiger partial charge in [0.15, 0.2) is 0 Å². The number of halogens is 1. The Bertz CT molecular complexity index is 534. The van der Waals surface area contributed by atoms with Gasteiger partial charge in [-0.25, -0.2) is 4.98 Å². The Morgan fingerprint density at radius 1 is 1.29 bits per heavy atom. The van der Waals surface area contributed by atoms with E-state index in [0.29, 0.717) is 11.6 Å². The Morgan fingerprint density at radius 3 is 2.76 bits per heavy atom. The zero-order chi connectivity index (χ0) is 12.3. The van der Waals surface area contributed by atoms with Crippen LogP contribution in [0.3, 0.4) is 0 Å². The smallest absolute Gasteiger partial charge is 0.224 e. The molecule has 0 unspecified atom stereocenters. The van der Waals surface area contributed by atoms with Gasteiger partial charge in [-0.2, -0.15) is 4.98 Å². The van der Waals surface area contributed by atoms with Gasteiger partial charge in [0.25, 0.3) is 0 Å². The molecule has 0 aliphatic heterocycles. The van der Waals surface area contributed by atoms with Crippen molar-refractivity contribution in [2.75, 3.05) is 12.8 Å². The maximum Gasteiger partial charge on any atom is 0.224 e. The zero-order valence-corrected chi connectivity index (χ0v) is 10.6. The Hall–Kier alpha value is -1.82. The lowest BCUT2D eigenvalue weighted by Gasteiger charge is -2.08. The van der Waals surface area contributed by atoms with E-state index in [2.05, 4.69) is 25.9 Å². The van der Waals surface area contributed by atoms with Gasteiger partial charge in [-0.3, -0.25) is 0 Å². The number of nitrogens with two attached hydrogens (primary N) is 1. The van der Waals surface area contributed by atoms with Gasteiger partial charge in [0.2, 0.25) is 11.8 Å². The summed E-state index contributed by atoms with van der Waals surface area (Å²) in [5, 5.41) is 0. The fourth-order valence-electron chi connectivity index (χ4n) is 1.22. The topological polar surface area (TPSA) is 70.3 Å². The van der Waals surface area contributed by atoms with E-state index < -0.39 is 0 Å². The molecule has 2 rings (SSSR count). The maximum atomic E-state index is 5.56. The van der Waals surface area contributed by atoms with Crippen molar-refractivity contribution in [3.8, 4) is 17.4 Å². The summed E-state index contributed by atoms with van der Waals surface area (Å²) >= 11 is 3.38. The van der Waals surface area contributed by atoms with Crippen molar-refractivity contribution < 1.29 is 9.47 Å². The van der Waals surface area contributed by atoms with E-state index in [1.807, 2.05) is 0 Å². The molecule has 0 aliphatic carbocycles. The quantitative estimate of drug-likeness (QED) is 0.942. The predicted octanol–water partition coefficient (Wildman–Crippen LogP) is 2.62. The van der Waals surface area contributed by atoms with Crippen LogP contribution in [-0.2, 0) is 0 Å². The molecular formula is C11H10BrN3O2. The first-order valence-corrected chi connectivity index (χ1v) is 5.58. The van der Waals surface area contributed by atoms with E-state index in [1.54, 1.807) is 31.4 Å². The van der Waals surface area contributed by atoms with E-state index in [1.165, 1.54) is 6.20 Å². The third-order valence-electron chi connectivity index (χ3n) is 2.00. The van der Waals surface area contributed by atoms with Crippen molar-refractivity contribution in [1.29, 1.82) is 0 Å². The van der Waals surface area contributed by atoms with Gasteiger partial charge in [0.1, 0.15) is 11.5 Å². The lowest BCUT2D eigenvalue weighted by atomic mass is 10.3. The maximum absolute atomic E-state index is 5.56. The molecule has 1 aromatic heterocycles. The van der Waals surface area contributed by atoms with Crippen LogP contribution in [0.5, 0.6) is 17.4 Å². The lowest BCUT2D eigenvalue weighted by Crippen LogP contribution is -1.96. The molecule has 0 amide bonds. The van der Waals surface area contributed by atoms with E-state index in [-0.39, 0.29) is 5.95 Å². The van der Waals surface area contributed by atoms with Crippen LogP contribution in [0.4, 0.5) is 5.95 Å². The van der Waals surface area contributed by atoms with Gasteiger partial charge >= 0.3 is 0 Å². The number of nitrogens with zero attached hydrogens (tertiary/aromatic N) is 2. The Morgan fingerprint density at radius 2 is 2.12 bits per heavy atom. The van der Waals surface area contributed by atoms with Gasteiger partial charge < -0.3 is 15.2 Å². The van der Waals surface area contributed by atoms with Crippen molar-refractivity contribution in [3.63, 3.8) is 0 Å². The molecule has 6 heteroatoms. The molecule has 17 heavy (non-hydrogen) atoms. The Labute approximate surface area is 107 Å². The first kappa shape index (κ1) is 11.7. The number of aromatic nitrogens is 2. The van der Waals surface area contributed by atoms with Crippen LogP contribution in [0, 0.1) is 0 Å². The van der Waals surface area contributed by atoms with Crippen molar-refractivity contribution in [3.05, 3.63) is 34.9 Å². The van der Waals surface area contributed by atoms with Crippen LogP contribution < -0.4 is 15.2 Å². The molecule has 2 aromatic rings. The van der Waals surface area contributed by atoms with Crippen LogP contribution in [-0.4, -0.2) is 17.1 Å². The van der Waals surface area contributed by atoms with Gasteiger partial charge in [-0.15, -0.1) is 0 Å². The highest BCUT2D eigenvalue weighted by atomic mass is 79.9. The fraction of sp³-hybridized carbons (Fsp3) is 0.0909. The molecule has 0 bridgehead atoms. The molecule has 0 fully saturated rings. The number of methoxy groups -OCH3 is 1. The second-order valence-corrected chi connectivity index (χ2v) is 4.01. The second kappa shape index (κ2) is 5.01. The van der Waals surface area contributed by atoms with Crippen molar-refractivity contribution in [2.24, 2.45) is 0 Å². The summed E-state index contributed by atoms with van der Waals surface area (Å²) in [5.74, 6) is 1.94. The van der Waals surface area contributed by atoms with Crippen molar-refractivity contribution in [2.45, 2.75) is 0 Å². The lowest BCUT2D eigenvalue weighted by molar-refractivity contribution is 0.411. The second-order valence-electron chi connectivity index (χ2n) is 3.15. The molecule has 0 saturated carbocycles. The van der Waals surface area contributed by atoms with E-state index in [9.17, 15) is 0 Å². The summed E-state index contributed by atoms with van der Waals surface area (Å²) in [4.78, 5) is 7.73. The van der Waals surface area contributed by atoms with Crippen LogP contribution in [0.15, 0.2) is 34.9 Å². The van der Waals surface area contributed by atoms with Crippen molar-refractivity contribution >= 4 is 21.9 Å². The van der Waals surface area contributed by atoms with E-state index in [0.717, 1.165) is 10.2 Å². The summed E-state index contributed by atoms with van der Waals surface area (Å²) in [5.41, 5.74) is 5.46. The molecule has 0 spiro atoms. The van der Waals surface area contributed by atoms with Crippen molar-refractivity contribution in [1.82, 2.24) is 9.97 Å². The predicted molar refractivity (Wildman–Crippen MR) is 67.2 cm³/mol. The number of benzene rings is 1.